The minimum absolute atomic E-state index is 0.0302. The Morgan fingerprint density at radius 3 is 2.62 bits per heavy atom. The number of amides is 1. The first-order chi connectivity index (χ1) is 10.2. The fourth-order valence-corrected chi connectivity index (χ4v) is 3.30. The third-order valence-electron chi connectivity index (χ3n) is 4.59. The van der Waals surface area contributed by atoms with E-state index in [-0.39, 0.29) is 17.4 Å². The average Bonchev–Trinajstić information content (AvgIpc) is 3.20. The number of nitrogens with zero attached hydrogens (tertiary/aromatic N) is 1. The Morgan fingerprint density at radius 2 is 2.00 bits per heavy atom. The zero-order valence-electron chi connectivity index (χ0n) is 12.3. The maximum atomic E-state index is 12.9. The minimum atomic E-state index is -0.362. The average molecular weight is 283 g/mol. The number of aromatic nitrogens is 2. The first kappa shape index (κ1) is 13.9. The van der Waals surface area contributed by atoms with Crippen molar-refractivity contribution >= 4 is 5.91 Å². The molecule has 1 aliphatic rings. The maximum absolute atomic E-state index is 12.9. The summed E-state index contributed by atoms with van der Waals surface area (Å²) in [5, 5.41) is 9.91. The number of hydrogen-bond acceptors (Lipinski definition) is 2. The number of H-pyrrole nitrogens is 1. The van der Waals surface area contributed by atoms with Crippen molar-refractivity contribution in [1.29, 1.82) is 0 Å². The number of carbonyl (C=O) groups excluding carboxylic acids is 1. The van der Waals surface area contributed by atoms with E-state index in [2.05, 4.69) is 27.6 Å². The van der Waals surface area contributed by atoms with Crippen LogP contribution in [0.4, 0.5) is 0 Å². The fraction of sp³-hybridized carbons (Fsp3) is 0.412. The lowest BCUT2D eigenvalue weighted by Crippen LogP contribution is -2.43. The lowest BCUT2D eigenvalue weighted by atomic mass is 9.78. The van der Waals surface area contributed by atoms with Crippen LogP contribution in [0.1, 0.15) is 49.8 Å². The molecule has 1 aromatic carbocycles. The smallest absolute Gasteiger partial charge is 0.231 e. The third kappa shape index (κ3) is 2.58. The van der Waals surface area contributed by atoms with Crippen molar-refractivity contribution in [3.05, 3.63) is 53.9 Å². The van der Waals surface area contributed by atoms with Gasteiger partial charge in [-0.05, 0) is 25.3 Å². The number of carbonyl (C=O) groups is 1. The quantitative estimate of drug-likeness (QED) is 0.906. The monoisotopic (exact) mass is 283 g/mol. The predicted molar refractivity (Wildman–Crippen MR) is 81.7 cm³/mol. The van der Waals surface area contributed by atoms with Crippen molar-refractivity contribution in [1.82, 2.24) is 15.5 Å². The molecule has 1 fully saturated rings. The molecule has 1 unspecified atom stereocenters. The summed E-state index contributed by atoms with van der Waals surface area (Å²) in [6, 6.07) is 10.2. The SMILES string of the molecule is CC(NC(=O)C1(c2ccccc2)CCCC1)c1cn[nH]c1. The van der Waals surface area contributed by atoms with E-state index in [0.717, 1.165) is 36.8 Å². The van der Waals surface area contributed by atoms with E-state index in [1.807, 2.05) is 31.3 Å². The molecule has 1 saturated carbocycles. The molecule has 21 heavy (non-hydrogen) atoms. The molecule has 110 valence electrons. The van der Waals surface area contributed by atoms with E-state index >= 15 is 0 Å². The summed E-state index contributed by atoms with van der Waals surface area (Å²) in [6.45, 7) is 2.00. The first-order valence-corrected chi connectivity index (χ1v) is 7.57. The van der Waals surface area contributed by atoms with E-state index in [9.17, 15) is 4.79 Å². The summed E-state index contributed by atoms with van der Waals surface area (Å²) >= 11 is 0. The molecule has 4 nitrogen and oxygen atoms in total. The fourth-order valence-electron chi connectivity index (χ4n) is 3.30. The summed E-state index contributed by atoms with van der Waals surface area (Å²) in [5.74, 6) is 0.139. The molecule has 1 heterocycles. The van der Waals surface area contributed by atoms with Crippen LogP contribution < -0.4 is 5.32 Å². The van der Waals surface area contributed by atoms with Crippen molar-refractivity contribution in [3.8, 4) is 0 Å². The molecule has 3 rings (SSSR count). The Labute approximate surface area is 125 Å². The second-order valence-corrected chi connectivity index (χ2v) is 5.88. The summed E-state index contributed by atoms with van der Waals surface area (Å²) in [6.07, 6.45) is 7.68. The molecule has 0 radical (unpaired) electrons. The van der Waals surface area contributed by atoms with Gasteiger partial charge in [0.25, 0.3) is 0 Å². The van der Waals surface area contributed by atoms with Gasteiger partial charge in [-0.25, -0.2) is 0 Å². The van der Waals surface area contributed by atoms with Gasteiger partial charge >= 0.3 is 0 Å². The minimum Gasteiger partial charge on any atom is -0.349 e. The molecule has 2 aromatic rings. The third-order valence-corrected chi connectivity index (χ3v) is 4.59. The van der Waals surface area contributed by atoms with Gasteiger partial charge in [0, 0.05) is 11.8 Å². The molecular weight excluding hydrogens is 262 g/mol. The van der Waals surface area contributed by atoms with E-state index in [4.69, 9.17) is 0 Å². The molecule has 0 spiro atoms. The largest absolute Gasteiger partial charge is 0.349 e. The summed E-state index contributed by atoms with van der Waals surface area (Å²) in [7, 11) is 0. The zero-order valence-corrected chi connectivity index (χ0v) is 12.3. The van der Waals surface area contributed by atoms with Gasteiger partial charge in [0.1, 0.15) is 0 Å². The molecule has 0 bridgehead atoms. The number of nitrogens with one attached hydrogen (secondary N) is 2. The van der Waals surface area contributed by atoms with Crippen molar-refractivity contribution in [2.24, 2.45) is 0 Å². The Hall–Kier alpha value is -2.10. The summed E-state index contributed by atoms with van der Waals surface area (Å²) in [4.78, 5) is 12.9. The van der Waals surface area contributed by atoms with E-state index in [0.29, 0.717) is 0 Å². The van der Waals surface area contributed by atoms with Gasteiger partial charge in [-0.3, -0.25) is 9.89 Å². The van der Waals surface area contributed by atoms with Gasteiger partial charge in [0.2, 0.25) is 5.91 Å². The standard InChI is InChI=1S/C17H21N3O/c1-13(14-11-18-19-12-14)20-16(21)17(9-5-6-10-17)15-7-3-2-4-8-15/h2-4,7-8,11-13H,5-6,9-10H2,1H3,(H,18,19)(H,20,21). The zero-order chi connectivity index (χ0) is 14.7. The van der Waals surface area contributed by atoms with Crippen LogP contribution in [-0.2, 0) is 10.2 Å². The van der Waals surface area contributed by atoms with E-state index in [1.54, 1.807) is 6.20 Å². The van der Waals surface area contributed by atoms with Crippen LogP contribution in [0, 0.1) is 0 Å². The summed E-state index contributed by atoms with van der Waals surface area (Å²) < 4.78 is 0. The lowest BCUT2D eigenvalue weighted by molar-refractivity contribution is -0.127. The molecule has 1 atom stereocenters. The number of hydrogen-bond donors (Lipinski definition) is 2. The second-order valence-electron chi connectivity index (χ2n) is 5.88. The topological polar surface area (TPSA) is 57.8 Å². The van der Waals surface area contributed by atoms with Crippen LogP contribution >= 0.6 is 0 Å². The van der Waals surface area contributed by atoms with Gasteiger partial charge in [-0.2, -0.15) is 5.10 Å². The van der Waals surface area contributed by atoms with E-state index in [1.165, 1.54) is 0 Å². The van der Waals surface area contributed by atoms with Gasteiger partial charge in [-0.1, -0.05) is 43.2 Å². The van der Waals surface area contributed by atoms with Crippen LogP contribution in [-0.4, -0.2) is 16.1 Å². The normalized spacial score (nSPS) is 18.3. The molecule has 1 aliphatic carbocycles. The van der Waals surface area contributed by atoms with Gasteiger partial charge < -0.3 is 5.32 Å². The van der Waals surface area contributed by atoms with Crippen LogP contribution in [0.2, 0.25) is 0 Å². The highest BCUT2D eigenvalue weighted by Gasteiger charge is 2.42. The Kier molecular flexibility index (Phi) is 3.78. The molecule has 0 saturated heterocycles. The van der Waals surface area contributed by atoms with Crippen LogP contribution in [0.25, 0.3) is 0 Å². The van der Waals surface area contributed by atoms with Crippen molar-refractivity contribution in [2.75, 3.05) is 0 Å². The number of benzene rings is 1. The lowest BCUT2D eigenvalue weighted by Gasteiger charge is -2.30. The summed E-state index contributed by atoms with van der Waals surface area (Å²) in [5.41, 5.74) is 1.78. The van der Waals surface area contributed by atoms with Gasteiger partial charge in [0.05, 0.1) is 17.7 Å². The highest BCUT2D eigenvalue weighted by atomic mass is 16.2. The Balaban J connectivity index is 1.83. The Morgan fingerprint density at radius 1 is 1.29 bits per heavy atom. The van der Waals surface area contributed by atoms with Crippen molar-refractivity contribution in [2.45, 2.75) is 44.1 Å². The molecule has 4 heteroatoms. The molecule has 0 aliphatic heterocycles. The predicted octanol–water partition coefficient (Wildman–Crippen LogP) is 3.10. The number of aromatic amines is 1. The van der Waals surface area contributed by atoms with Gasteiger partial charge in [-0.15, -0.1) is 0 Å². The highest BCUT2D eigenvalue weighted by Crippen LogP contribution is 2.41. The molecule has 1 aromatic heterocycles. The van der Waals surface area contributed by atoms with Crippen molar-refractivity contribution in [3.63, 3.8) is 0 Å². The van der Waals surface area contributed by atoms with Gasteiger partial charge in [0.15, 0.2) is 0 Å². The Bertz CT molecular complexity index is 586. The number of rotatable bonds is 4. The van der Waals surface area contributed by atoms with E-state index < -0.39 is 0 Å². The molecule has 2 N–H and O–H groups in total. The first-order valence-electron chi connectivity index (χ1n) is 7.57. The van der Waals surface area contributed by atoms with Crippen LogP contribution in [0.15, 0.2) is 42.7 Å². The maximum Gasteiger partial charge on any atom is 0.231 e. The van der Waals surface area contributed by atoms with Crippen LogP contribution in [0.5, 0.6) is 0 Å². The second kappa shape index (κ2) is 5.72. The van der Waals surface area contributed by atoms with Crippen LogP contribution in [0.3, 0.4) is 0 Å². The molecular formula is C17H21N3O. The highest BCUT2D eigenvalue weighted by molar-refractivity contribution is 5.88. The molecule has 1 amide bonds. The van der Waals surface area contributed by atoms with Crippen molar-refractivity contribution < 1.29 is 4.79 Å².